The second-order valence-electron chi connectivity index (χ2n) is 9.12. The number of anilines is 1. The minimum atomic E-state index is 0.383. The highest BCUT2D eigenvalue weighted by Crippen LogP contribution is 2.30. The quantitative estimate of drug-likeness (QED) is 0.416. The van der Waals surface area contributed by atoms with Crippen LogP contribution in [-0.4, -0.2) is 36.3 Å². The molecule has 34 heavy (non-hydrogen) atoms. The van der Waals surface area contributed by atoms with Crippen LogP contribution >= 0.6 is 0 Å². The third-order valence-corrected chi connectivity index (χ3v) is 7.05. The van der Waals surface area contributed by atoms with Gasteiger partial charge in [-0.15, -0.1) is 0 Å². The highest BCUT2D eigenvalue weighted by Gasteiger charge is 2.26. The molecule has 1 aliphatic heterocycles. The molecule has 4 aromatic heterocycles. The molecule has 172 valence electrons. The van der Waals surface area contributed by atoms with Gasteiger partial charge in [0, 0.05) is 36.7 Å². The highest BCUT2D eigenvalue weighted by atomic mass is 15.1. The number of hydrogen-bond donors (Lipinski definition) is 2. The Balaban J connectivity index is 1.34. The van der Waals surface area contributed by atoms with Gasteiger partial charge in [0.05, 0.1) is 17.9 Å². The van der Waals surface area contributed by atoms with Crippen LogP contribution in [-0.2, 0) is 0 Å². The van der Waals surface area contributed by atoms with E-state index in [0.29, 0.717) is 17.9 Å². The van der Waals surface area contributed by atoms with Gasteiger partial charge in [0.15, 0.2) is 11.5 Å². The van der Waals surface area contributed by atoms with Gasteiger partial charge in [-0.3, -0.25) is 8.80 Å². The first-order chi connectivity index (χ1) is 16.7. The number of allylic oxidation sites excluding steroid dienone is 2. The number of nitrogens with one attached hydrogen (secondary N) is 2. The van der Waals surface area contributed by atoms with Crippen molar-refractivity contribution in [3.05, 3.63) is 84.8 Å². The summed E-state index contributed by atoms with van der Waals surface area (Å²) in [7, 11) is 0. The van der Waals surface area contributed by atoms with Gasteiger partial charge in [0.2, 0.25) is 0 Å². The molecule has 4 aromatic rings. The molecule has 0 saturated heterocycles. The first-order valence-corrected chi connectivity index (χ1v) is 12.1. The monoisotopic (exact) mass is 451 g/mol. The Morgan fingerprint density at radius 3 is 2.94 bits per heavy atom. The summed E-state index contributed by atoms with van der Waals surface area (Å²) in [4.78, 5) is 14.3. The summed E-state index contributed by atoms with van der Waals surface area (Å²) in [5.74, 6) is 1.64. The Morgan fingerprint density at radius 2 is 2.03 bits per heavy atom. The van der Waals surface area contributed by atoms with E-state index >= 15 is 0 Å². The number of fused-ring (bicyclic) bond motifs is 3. The molecule has 5 heterocycles. The van der Waals surface area contributed by atoms with Crippen LogP contribution in [0.1, 0.15) is 38.3 Å². The molecule has 0 fully saturated rings. The third-order valence-electron chi connectivity index (χ3n) is 7.05. The molecular weight excluding hydrogens is 422 g/mol. The zero-order valence-corrected chi connectivity index (χ0v) is 19.5. The van der Waals surface area contributed by atoms with Crippen LogP contribution in [0.4, 0.5) is 5.82 Å². The van der Waals surface area contributed by atoms with Crippen molar-refractivity contribution in [3.8, 4) is 11.4 Å². The number of aromatic nitrogens is 5. The summed E-state index contributed by atoms with van der Waals surface area (Å²) in [5, 5.41) is 7.08. The van der Waals surface area contributed by atoms with E-state index in [4.69, 9.17) is 9.97 Å². The molecule has 2 aliphatic rings. The third kappa shape index (κ3) is 3.48. The first kappa shape index (κ1) is 20.7. The molecule has 0 amide bonds. The van der Waals surface area contributed by atoms with E-state index in [2.05, 4.69) is 75.0 Å². The molecule has 0 aromatic carbocycles. The fourth-order valence-electron chi connectivity index (χ4n) is 4.93. The number of rotatable bonds is 7. The summed E-state index contributed by atoms with van der Waals surface area (Å²) in [6.45, 7) is 5.24. The van der Waals surface area contributed by atoms with Crippen molar-refractivity contribution in [2.75, 3.05) is 11.9 Å². The predicted molar refractivity (Wildman–Crippen MR) is 136 cm³/mol. The van der Waals surface area contributed by atoms with Gasteiger partial charge in [-0.1, -0.05) is 44.2 Å². The minimum Gasteiger partial charge on any atom is -0.384 e. The van der Waals surface area contributed by atoms with Crippen LogP contribution in [0.2, 0.25) is 0 Å². The van der Waals surface area contributed by atoms with Gasteiger partial charge in [-0.2, -0.15) is 0 Å². The lowest BCUT2D eigenvalue weighted by Gasteiger charge is -2.19. The van der Waals surface area contributed by atoms with Crippen molar-refractivity contribution >= 4 is 17.1 Å². The van der Waals surface area contributed by atoms with E-state index < -0.39 is 0 Å². The molecule has 6 rings (SSSR count). The van der Waals surface area contributed by atoms with Crippen molar-refractivity contribution in [2.24, 2.45) is 5.92 Å². The number of pyridine rings is 1. The zero-order chi connectivity index (χ0) is 23.1. The number of nitrogens with zero attached hydrogens (tertiary/aromatic N) is 5. The van der Waals surface area contributed by atoms with Gasteiger partial charge < -0.3 is 10.6 Å². The van der Waals surface area contributed by atoms with Crippen LogP contribution in [0, 0.1) is 5.92 Å². The van der Waals surface area contributed by atoms with Crippen molar-refractivity contribution < 1.29 is 0 Å². The highest BCUT2D eigenvalue weighted by molar-refractivity contribution is 5.70. The zero-order valence-electron chi connectivity index (χ0n) is 19.5. The van der Waals surface area contributed by atoms with Crippen LogP contribution in [0.25, 0.3) is 22.7 Å². The topological polar surface area (TPSA) is 71.5 Å². The van der Waals surface area contributed by atoms with Crippen LogP contribution in [0.3, 0.4) is 0 Å². The maximum absolute atomic E-state index is 5.02. The summed E-state index contributed by atoms with van der Waals surface area (Å²) in [6, 6.07) is 6.41. The lowest BCUT2D eigenvalue weighted by atomic mass is 9.90. The Bertz CT molecular complexity index is 1440. The van der Waals surface area contributed by atoms with Crippen molar-refractivity contribution in [3.63, 3.8) is 0 Å². The molecule has 0 spiro atoms. The molecule has 3 atom stereocenters. The SMILES string of the molecule is CCC(C)c1cnc2c(NCCC3=CNC4C=CC=CC34)nc(-c3cnc4ccccn34)cn12. The fourth-order valence-corrected chi connectivity index (χ4v) is 4.93. The van der Waals surface area contributed by atoms with Gasteiger partial charge >= 0.3 is 0 Å². The summed E-state index contributed by atoms with van der Waals surface area (Å²) < 4.78 is 4.28. The van der Waals surface area contributed by atoms with Crippen molar-refractivity contribution in [1.82, 2.24) is 29.1 Å². The van der Waals surface area contributed by atoms with Gasteiger partial charge in [0.1, 0.15) is 11.3 Å². The van der Waals surface area contributed by atoms with Crippen LogP contribution in [0.5, 0.6) is 0 Å². The van der Waals surface area contributed by atoms with E-state index in [1.54, 1.807) is 0 Å². The van der Waals surface area contributed by atoms with Crippen molar-refractivity contribution in [2.45, 2.75) is 38.6 Å². The second kappa shape index (κ2) is 8.48. The van der Waals surface area contributed by atoms with Gasteiger partial charge in [0.25, 0.3) is 0 Å². The Hall–Kier alpha value is -3.87. The number of imidazole rings is 2. The first-order valence-electron chi connectivity index (χ1n) is 12.1. The average Bonchev–Trinajstić information content (AvgIpc) is 3.60. The Kier molecular flexibility index (Phi) is 5.17. The lowest BCUT2D eigenvalue weighted by Crippen LogP contribution is -2.25. The van der Waals surface area contributed by atoms with E-state index in [-0.39, 0.29) is 0 Å². The molecule has 3 unspecified atom stereocenters. The smallest absolute Gasteiger partial charge is 0.180 e. The van der Waals surface area contributed by atoms with E-state index in [1.807, 2.05) is 36.8 Å². The minimum absolute atomic E-state index is 0.383. The normalized spacial score (nSPS) is 19.9. The second-order valence-corrected chi connectivity index (χ2v) is 9.12. The maximum atomic E-state index is 5.02. The van der Waals surface area contributed by atoms with Crippen LogP contribution < -0.4 is 10.6 Å². The van der Waals surface area contributed by atoms with Crippen molar-refractivity contribution in [1.29, 1.82) is 0 Å². The Labute approximate surface area is 199 Å². The average molecular weight is 452 g/mol. The Morgan fingerprint density at radius 1 is 1.12 bits per heavy atom. The summed E-state index contributed by atoms with van der Waals surface area (Å²) >= 11 is 0. The van der Waals surface area contributed by atoms with Crippen LogP contribution in [0.15, 0.2) is 79.1 Å². The molecule has 1 aliphatic carbocycles. The molecule has 2 N–H and O–H groups in total. The molecule has 7 nitrogen and oxygen atoms in total. The predicted octanol–water partition coefficient (Wildman–Crippen LogP) is 4.96. The largest absolute Gasteiger partial charge is 0.384 e. The van der Waals surface area contributed by atoms with E-state index in [1.165, 1.54) is 11.3 Å². The molecule has 0 saturated carbocycles. The van der Waals surface area contributed by atoms with E-state index in [9.17, 15) is 0 Å². The summed E-state index contributed by atoms with van der Waals surface area (Å²) in [5.41, 5.74) is 6.22. The molecule has 0 bridgehead atoms. The number of hydrogen-bond acceptors (Lipinski definition) is 5. The summed E-state index contributed by atoms with van der Waals surface area (Å²) in [6.07, 6.45) is 20.9. The fraction of sp³-hybridized carbons (Fsp3) is 0.296. The molecule has 7 heteroatoms. The standard InChI is InChI=1S/C27H29N7/c1-3-18(2)23-15-31-27-26(28-12-11-19-14-29-21-9-5-4-8-20(19)21)32-22(17-34(23)27)24-16-30-25-10-6-7-13-33(24)25/h4-10,13-18,20-21,29H,3,11-12H2,1-2H3,(H,28,32). The van der Waals surface area contributed by atoms with E-state index in [0.717, 1.165) is 47.9 Å². The van der Waals surface area contributed by atoms with Gasteiger partial charge in [-0.25, -0.2) is 15.0 Å². The maximum Gasteiger partial charge on any atom is 0.180 e. The molecular formula is C27H29N7. The lowest BCUT2D eigenvalue weighted by molar-refractivity contribution is 0.620. The molecule has 0 radical (unpaired) electrons. The van der Waals surface area contributed by atoms with Gasteiger partial charge in [-0.05, 0) is 42.7 Å².